The number of aliphatic hydroxyl groups is 1. The van der Waals surface area contributed by atoms with Crippen LogP contribution in [0.4, 0.5) is 0 Å². The third-order valence-corrected chi connectivity index (χ3v) is 4.18. The number of methoxy groups -OCH3 is 1. The van der Waals surface area contributed by atoms with E-state index in [0.717, 1.165) is 27.5 Å². The van der Waals surface area contributed by atoms with Crippen molar-refractivity contribution in [1.82, 2.24) is 4.57 Å². The van der Waals surface area contributed by atoms with Crippen LogP contribution in [0.5, 0.6) is 11.5 Å². The second-order valence-electron chi connectivity index (χ2n) is 5.84. The number of rotatable bonds is 2. The fraction of sp³-hybridized carbons (Fsp3) is 0.143. The van der Waals surface area contributed by atoms with Crippen molar-refractivity contribution in [3.8, 4) is 11.5 Å². The first-order valence-electron chi connectivity index (χ1n) is 8.03. The molecule has 4 heteroatoms. The number of nitrogens with zero attached hydrogens (tertiary/aromatic N) is 1. The van der Waals surface area contributed by atoms with Crippen LogP contribution >= 0.6 is 0 Å². The summed E-state index contributed by atoms with van der Waals surface area (Å²) in [6.07, 6.45) is 1.96. The number of phenols is 1. The number of phenolic OH excluding ortho intramolecular Hbond substituents is 1. The lowest BCUT2D eigenvalue weighted by atomic mass is 10.1. The van der Waals surface area contributed by atoms with Crippen LogP contribution in [0.25, 0.3) is 21.7 Å². The van der Waals surface area contributed by atoms with Gasteiger partial charge in [-0.2, -0.15) is 0 Å². The lowest BCUT2D eigenvalue weighted by molar-refractivity contribution is 0.283. The zero-order chi connectivity index (χ0) is 17.8. The van der Waals surface area contributed by atoms with Crippen LogP contribution in [0.3, 0.4) is 0 Å². The third kappa shape index (κ3) is 3.59. The number of benzene rings is 3. The van der Waals surface area contributed by atoms with Crippen LogP contribution in [0.1, 0.15) is 5.56 Å². The Morgan fingerprint density at radius 3 is 2.44 bits per heavy atom. The predicted molar refractivity (Wildman–Crippen MR) is 101 cm³/mol. The molecular formula is C21H21NO3. The van der Waals surface area contributed by atoms with Crippen LogP contribution in [0.15, 0.2) is 66.9 Å². The maximum Gasteiger partial charge on any atom is 0.119 e. The fourth-order valence-corrected chi connectivity index (χ4v) is 2.89. The Morgan fingerprint density at radius 1 is 0.960 bits per heavy atom. The molecule has 0 bridgehead atoms. The van der Waals surface area contributed by atoms with E-state index >= 15 is 0 Å². The Bertz CT molecular complexity index is 1000. The molecule has 25 heavy (non-hydrogen) atoms. The average Bonchev–Trinajstić information content (AvgIpc) is 2.98. The normalized spacial score (nSPS) is 10.5. The molecule has 4 rings (SSSR count). The monoisotopic (exact) mass is 335 g/mol. The van der Waals surface area contributed by atoms with Gasteiger partial charge in [0.25, 0.3) is 0 Å². The summed E-state index contributed by atoms with van der Waals surface area (Å²) in [6, 6.07) is 19.1. The number of hydrogen-bond donors (Lipinski definition) is 2. The molecule has 0 saturated heterocycles. The van der Waals surface area contributed by atoms with Crippen molar-refractivity contribution in [1.29, 1.82) is 0 Å². The van der Waals surface area contributed by atoms with Crippen molar-refractivity contribution in [2.24, 2.45) is 7.05 Å². The summed E-state index contributed by atoms with van der Waals surface area (Å²) in [5.74, 6) is 1.12. The van der Waals surface area contributed by atoms with Crippen LogP contribution in [-0.4, -0.2) is 21.9 Å². The molecule has 0 atom stereocenters. The second kappa shape index (κ2) is 7.28. The van der Waals surface area contributed by atoms with Gasteiger partial charge in [-0.1, -0.05) is 30.3 Å². The van der Waals surface area contributed by atoms with Gasteiger partial charge in [0.1, 0.15) is 11.5 Å². The van der Waals surface area contributed by atoms with Crippen molar-refractivity contribution in [3.05, 3.63) is 72.4 Å². The maximum atomic E-state index is 9.23. The lowest BCUT2D eigenvalue weighted by Gasteiger charge is -2.02. The predicted octanol–water partition coefficient (Wildman–Crippen LogP) is 4.22. The van der Waals surface area contributed by atoms with Gasteiger partial charge >= 0.3 is 0 Å². The van der Waals surface area contributed by atoms with Crippen LogP contribution in [0, 0.1) is 0 Å². The third-order valence-electron chi connectivity index (χ3n) is 4.18. The molecule has 0 fully saturated rings. The van der Waals surface area contributed by atoms with Gasteiger partial charge in [-0.3, -0.25) is 0 Å². The molecule has 0 spiro atoms. The van der Waals surface area contributed by atoms with Crippen LogP contribution in [0.2, 0.25) is 0 Å². The molecule has 0 aliphatic rings. The number of fused-ring (bicyclic) bond motifs is 2. The minimum Gasteiger partial charge on any atom is -0.508 e. The Morgan fingerprint density at radius 2 is 1.68 bits per heavy atom. The minimum atomic E-state index is 0.112. The van der Waals surface area contributed by atoms with Gasteiger partial charge in [0, 0.05) is 29.7 Å². The Hall–Kier alpha value is -2.98. The lowest BCUT2D eigenvalue weighted by Crippen LogP contribution is -1.82. The van der Waals surface area contributed by atoms with E-state index in [9.17, 15) is 5.11 Å². The molecule has 1 aromatic heterocycles. The van der Waals surface area contributed by atoms with E-state index < -0.39 is 0 Å². The highest BCUT2D eigenvalue weighted by molar-refractivity contribution is 5.85. The summed E-state index contributed by atoms with van der Waals surface area (Å²) >= 11 is 0. The summed E-state index contributed by atoms with van der Waals surface area (Å²) in [6.45, 7) is 0.112. The van der Waals surface area contributed by atoms with E-state index in [1.165, 1.54) is 5.52 Å². The molecule has 3 aromatic carbocycles. The highest BCUT2D eigenvalue weighted by Crippen LogP contribution is 2.23. The quantitative estimate of drug-likeness (QED) is 0.576. The summed E-state index contributed by atoms with van der Waals surface area (Å²) in [4.78, 5) is 0. The highest BCUT2D eigenvalue weighted by atomic mass is 16.5. The van der Waals surface area contributed by atoms with E-state index in [1.54, 1.807) is 19.2 Å². The molecule has 0 aliphatic carbocycles. The van der Waals surface area contributed by atoms with Crippen LogP contribution in [-0.2, 0) is 13.7 Å². The Balaban J connectivity index is 0.000000146. The van der Waals surface area contributed by atoms with E-state index in [0.29, 0.717) is 0 Å². The maximum absolute atomic E-state index is 9.23. The molecule has 4 nitrogen and oxygen atoms in total. The first-order valence-corrected chi connectivity index (χ1v) is 8.03. The largest absolute Gasteiger partial charge is 0.508 e. The highest BCUT2D eigenvalue weighted by Gasteiger charge is 2.02. The number of aromatic hydroxyl groups is 1. The van der Waals surface area contributed by atoms with Crippen molar-refractivity contribution >= 4 is 21.7 Å². The molecular weight excluding hydrogens is 314 g/mol. The smallest absolute Gasteiger partial charge is 0.119 e. The van der Waals surface area contributed by atoms with E-state index in [-0.39, 0.29) is 12.4 Å². The van der Waals surface area contributed by atoms with Gasteiger partial charge < -0.3 is 19.5 Å². The fourth-order valence-electron chi connectivity index (χ4n) is 2.89. The number of aliphatic hydroxyl groups excluding tert-OH is 1. The molecule has 0 unspecified atom stereocenters. The van der Waals surface area contributed by atoms with Gasteiger partial charge in [-0.15, -0.1) is 0 Å². The topological polar surface area (TPSA) is 54.6 Å². The van der Waals surface area contributed by atoms with Crippen molar-refractivity contribution in [2.45, 2.75) is 6.61 Å². The van der Waals surface area contributed by atoms with Gasteiger partial charge in [0.05, 0.1) is 13.7 Å². The summed E-state index contributed by atoms with van der Waals surface area (Å²) in [5, 5.41) is 21.5. The summed E-state index contributed by atoms with van der Waals surface area (Å²) < 4.78 is 7.12. The standard InChI is InChI=1S/C11H10O2.C10H11NO/c1-13-11-5-3-8-6-10(12)4-2-9(8)7-11;1-11-6-8(7-12)9-4-2-3-5-10(9)11/h2-7,12H,1H3;2-6,12H,7H2,1H3. The van der Waals surface area contributed by atoms with Crippen molar-refractivity contribution in [2.75, 3.05) is 7.11 Å². The Labute approximate surface area is 146 Å². The molecule has 2 N–H and O–H groups in total. The number of aromatic nitrogens is 1. The van der Waals surface area contributed by atoms with Crippen molar-refractivity contribution < 1.29 is 14.9 Å². The molecule has 0 radical (unpaired) electrons. The molecule has 0 amide bonds. The van der Waals surface area contributed by atoms with Gasteiger partial charge in [0.2, 0.25) is 0 Å². The number of ether oxygens (including phenoxy) is 1. The van der Waals surface area contributed by atoms with Gasteiger partial charge in [-0.25, -0.2) is 0 Å². The summed E-state index contributed by atoms with van der Waals surface area (Å²) in [7, 11) is 3.63. The number of para-hydroxylation sites is 1. The van der Waals surface area contributed by atoms with Gasteiger partial charge in [0.15, 0.2) is 0 Å². The molecule has 0 aliphatic heterocycles. The average molecular weight is 335 g/mol. The number of aryl methyl sites for hydroxylation is 1. The minimum absolute atomic E-state index is 0.112. The van der Waals surface area contributed by atoms with E-state index in [4.69, 9.17) is 9.84 Å². The number of hydrogen-bond acceptors (Lipinski definition) is 3. The van der Waals surface area contributed by atoms with E-state index in [2.05, 4.69) is 6.07 Å². The zero-order valence-corrected chi connectivity index (χ0v) is 14.3. The zero-order valence-electron chi connectivity index (χ0n) is 14.3. The molecule has 4 aromatic rings. The first-order chi connectivity index (χ1) is 12.1. The molecule has 128 valence electrons. The van der Waals surface area contributed by atoms with Crippen LogP contribution < -0.4 is 4.74 Å². The van der Waals surface area contributed by atoms with Crippen molar-refractivity contribution in [3.63, 3.8) is 0 Å². The molecule has 0 saturated carbocycles. The summed E-state index contributed by atoms with van der Waals surface area (Å²) in [5.41, 5.74) is 2.16. The molecule has 1 heterocycles. The SMILES string of the molecule is COc1ccc2cc(O)ccc2c1.Cn1cc(CO)c2ccccc21. The first kappa shape index (κ1) is 16.9. The van der Waals surface area contributed by atoms with E-state index in [1.807, 2.05) is 60.3 Å². The van der Waals surface area contributed by atoms with Gasteiger partial charge in [-0.05, 0) is 41.1 Å². The Kier molecular flexibility index (Phi) is 4.91. The second-order valence-corrected chi connectivity index (χ2v) is 5.84.